The third-order valence-electron chi connectivity index (χ3n) is 3.81. The zero-order valence-corrected chi connectivity index (χ0v) is 14.6. The van der Waals surface area contributed by atoms with Gasteiger partial charge in [-0.1, -0.05) is 60.7 Å². The molecule has 0 radical (unpaired) electrons. The monoisotopic (exact) mass is 377 g/mol. The average molecular weight is 377 g/mol. The van der Waals surface area contributed by atoms with Gasteiger partial charge in [-0.25, -0.2) is 9.78 Å². The summed E-state index contributed by atoms with van der Waals surface area (Å²) in [7, 11) is 0. The zero-order valence-electron chi connectivity index (χ0n) is 14.6. The lowest BCUT2D eigenvalue weighted by Gasteiger charge is -2.14. The molecule has 0 amide bonds. The van der Waals surface area contributed by atoms with Crippen LogP contribution in [0.1, 0.15) is 5.56 Å². The van der Waals surface area contributed by atoms with Crippen LogP contribution >= 0.6 is 0 Å². The predicted molar refractivity (Wildman–Crippen MR) is 100 cm³/mol. The van der Waals surface area contributed by atoms with Crippen molar-refractivity contribution in [3.63, 3.8) is 0 Å². The number of carbonyl (C=O) groups is 1. The molecule has 0 spiro atoms. The molecule has 8 heteroatoms. The number of aliphatic carboxylic acids is 1. The number of aliphatic imine (C=N–C) groups is 1. The Morgan fingerprint density at radius 3 is 2.36 bits per heavy atom. The SMILES string of the molecule is O=C=Nc1nc(-c2ccccc2)n(CC(=O)O)c(=O)c1OCc1ccccc1. The number of rotatable bonds is 7. The molecule has 1 N–H and O–H groups in total. The van der Waals surface area contributed by atoms with Crippen LogP contribution < -0.4 is 10.3 Å². The lowest BCUT2D eigenvalue weighted by atomic mass is 10.2. The fourth-order valence-electron chi connectivity index (χ4n) is 2.59. The molecule has 0 aliphatic heterocycles. The van der Waals surface area contributed by atoms with E-state index in [4.69, 9.17) is 4.74 Å². The van der Waals surface area contributed by atoms with Crippen LogP contribution in [0.4, 0.5) is 5.82 Å². The molecule has 0 saturated heterocycles. The van der Waals surface area contributed by atoms with Gasteiger partial charge in [-0.05, 0) is 5.56 Å². The van der Waals surface area contributed by atoms with Gasteiger partial charge >= 0.3 is 5.97 Å². The molecule has 0 fully saturated rings. The molecule has 0 unspecified atom stereocenters. The smallest absolute Gasteiger partial charge is 0.323 e. The Labute approximate surface area is 159 Å². The highest BCUT2D eigenvalue weighted by molar-refractivity contribution is 5.69. The van der Waals surface area contributed by atoms with Gasteiger partial charge in [-0.15, -0.1) is 4.99 Å². The van der Waals surface area contributed by atoms with E-state index in [0.29, 0.717) is 5.56 Å². The number of carboxylic acids is 1. The maximum Gasteiger partial charge on any atom is 0.323 e. The van der Waals surface area contributed by atoms with Gasteiger partial charge in [0.2, 0.25) is 17.6 Å². The predicted octanol–water partition coefficient (Wildman–Crippen LogP) is 2.54. The van der Waals surface area contributed by atoms with Gasteiger partial charge in [0, 0.05) is 5.56 Å². The van der Waals surface area contributed by atoms with Gasteiger partial charge in [0.15, 0.2) is 0 Å². The van der Waals surface area contributed by atoms with Gasteiger partial charge < -0.3 is 9.84 Å². The number of hydrogen-bond acceptors (Lipinski definition) is 6. The van der Waals surface area contributed by atoms with Crippen molar-refractivity contribution in [1.82, 2.24) is 9.55 Å². The van der Waals surface area contributed by atoms with Crippen molar-refractivity contribution >= 4 is 17.9 Å². The molecule has 0 bridgehead atoms. The van der Waals surface area contributed by atoms with Crippen LogP contribution in [-0.2, 0) is 22.7 Å². The minimum Gasteiger partial charge on any atom is -0.480 e. The number of aromatic nitrogens is 2. The largest absolute Gasteiger partial charge is 0.480 e. The summed E-state index contributed by atoms with van der Waals surface area (Å²) in [5.41, 5.74) is 0.527. The second-order valence-electron chi connectivity index (χ2n) is 5.72. The van der Waals surface area contributed by atoms with Crippen LogP contribution in [0, 0.1) is 0 Å². The Bertz CT molecular complexity index is 1090. The lowest BCUT2D eigenvalue weighted by Crippen LogP contribution is -2.28. The van der Waals surface area contributed by atoms with E-state index in [1.807, 2.05) is 18.2 Å². The van der Waals surface area contributed by atoms with Crippen molar-refractivity contribution in [1.29, 1.82) is 0 Å². The number of nitrogens with zero attached hydrogens (tertiary/aromatic N) is 3. The first-order valence-corrected chi connectivity index (χ1v) is 8.27. The summed E-state index contributed by atoms with van der Waals surface area (Å²) < 4.78 is 6.53. The molecule has 28 heavy (non-hydrogen) atoms. The highest BCUT2D eigenvalue weighted by Crippen LogP contribution is 2.26. The maximum absolute atomic E-state index is 13.0. The van der Waals surface area contributed by atoms with E-state index in [2.05, 4.69) is 9.98 Å². The quantitative estimate of drug-likeness (QED) is 0.500. The number of benzene rings is 2. The Kier molecular flexibility index (Phi) is 5.74. The van der Waals surface area contributed by atoms with Crippen LogP contribution in [-0.4, -0.2) is 26.7 Å². The molecular weight excluding hydrogens is 362 g/mol. The molecular formula is C20H15N3O5. The van der Waals surface area contributed by atoms with E-state index < -0.39 is 18.1 Å². The Hall–Kier alpha value is -4.03. The van der Waals surface area contributed by atoms with Gasteiger partial charge in [0.25, 0.3) is 5.56 Å². The third kappa shape index (κ3) is 4.20. The molecule has 3 aromatic rings. The number of hydrogen-bond donors (Lipinski definition) is 1. The van der Waals surface area contributed by atoms with Gasteiger partial charge in [-0.3, -0.25) is 14.2 Å². The third-order valence-corrected chi connectivity index (χ3v) is 3.81. The summed E-state index contributed by atoms with van der Waals surface area (Å²) in [6.45, 7) is -0.597. The molecule has 3 rings (SSSR count). The minimum atomic E-state index is -1.22. The van der Waals surface area contributed by atoms with Crippen LogP contribution in [0.2, 0.25) is 0 Å². The number of carbonyl (C=O) groups excluding carboxylic acids is 1. The van der Waals surface area contributed by atoms with Gasteiger partial charge in [-0.2, -0.15) is 0 Å². The molecule has 8 nitrogen and oxygen atoms in total. The molecule has 1 heterocycles. The molecule has 0 aliphatic rings. The van der Waals surface area contributed by atoms with Crippen molar-refractivity contribution in [2.24, 2.45) is 4.99 Å². The van der Waals surface area contributed by atoms with Crippen molar-refractivity contribution < 1.29 is 19.4 Å². The fourth-order valence-corrected chi connectivity index (χ4v) is 2.59. The second kappa shape index (κ2) is 8.57. The molecule has 0 saturated carbocycles. The summed E-state index contributed by atoms with van der Waals surface area (Å²) in [6.07, 6.45) is 1.36. The molecule has 2 aromatic carbocycles. The zero-order chi connectivity index (χ0) is 19.9. The van der Waals surface area contributed by atoms with Crippen molar-refractivity contribution in [3.05, 3.63) is 76.6 Å². The fraction of sp³-hybridized carbons (Fsp3) is 0.100. The van der Waals surface area contributed by atoms with Crippen molar-refractivity contribution in [2.45, 2.75) is 13.2 Å². The Morgan fingerprint density at radius 2 is 1.75 bits per heavy atom. The minimum absolute atomic E-state index is 0.0247. The van der Waals surface area contributed by atoms with Gasteiger partial charge in [0.1, 0.15) is 19.0 Å². The average Bonchev–Trinajstić information content (AvgIpc) is 2.71. The summed E-state index contributed by atoms with van der Waals surface area (Å²) in [4.78, 5) is 42.8. The molecule has 0 aliphatic carbocycles. The summed E-state index contributed by atoms with van der Waals surface area (Å²) in [5.74, 6) is -1.72. The number of carboxylic acid groups (broad SMARTS) is 1. The highest BCUT2D eigenvalue weighted by atomic mass is 16.5. The maximum atomic E-state index is 13.0. The lowest BCUT2D eigenvalue weighted by molar-refractivity contribution is -0.137. The molecule has 1 aromatic heterocycles. The first-order chi connectivity index (χ1) is 13.6. The van der Waals surface area contributed by atoms with Gasteiger partial charge in [0.05, 0.1) is 0 Å². The van der Waals surface area contributed by atoms with E-state index in [0.717, 1.165) is 10.1 Å². The van der Waals surface area contributed by atoms with E-state index in [1.165, 1.54) is 6.08 Å². The van der Waals surface area contributed by atoms with E-state index in [1.54, 1.807) is 42.5 Å². The van der Waals surface area contributed by atoms with Crippen molar-refractivity contribution in [3.8, 4) is 17.1 Å². The van der Waals surface area contributed by atoms with Crippen molar-refractivity contribution in [2.75, 3.05) is 0 Å². The first-order valence-electron chi connectivity index (χ1n) is 8.27. The normalized spacial score (nSPS) is 10.1. The molecule has 0 atom stereocenters. The topological polar surface area (TPSA) is 111 Å². The standard InChI is InChI=1S/C20H15N3O5/c24-13-21-18-17(28-12-14-7-3-1-4-8-14)20(27)23(11-16(25)26)19(22-18)15-9-5-2-6-10-15/h1-10H,11-12H2,(H,25,26). The number of isocyanates is 1. The van der Waals surface area contributed by atoms with Crippen LogP contribution in [0.15, 0.2) is 70.5 Å². The summed E-state index contributed by atoms with van der Waals surface area (Å²) >= 11 is 0. The Balaban J connectivity index is 2.14. The van der Waals surface area contributed by atoms with E-state index >= 15 is 0 Å². The first kappa shape index (κ1) is 18.8. The highest BCUT2D eigenvalue weighted by Gasteiger charge is 2.20. The van der Waals surface area contributed by atoms with Crippen LogP contribution in [0.3, 0.4) is 0 Å². The molecule has 140 valence electrons. The van der Waals surface area contributed by atoms with E-state index in [9.17, 15) is 19.5 Å². The second-order valence-corrected chi connectivity index (χ2v) is 5.72. The van der Waals surface area contributed by atoms with Crippen LogP contribution in [0.25, 0.3) is 11.4 Å². The van der Waals surface area contributed by atoms with E-state index in [-0.39, 0.29) is 24.0 Å². The Morgan fingerprint density at radius 1 is 1.11 bits per heavy atom. The summed E-state index contributed by atoms with van der Waals surface area (Å²) in [6, 6.07) is 17.6. The van der Waals surface area contributed by atoms with Crippen LogP contribution in [0.5, 0.6) is 5.75 Å². The summed E-state index contributed by atoms with van der Waals surface area (Å²) in [5, 5.41) is 9.22. The number of ether oxygens (including phenoxy) is 1.